The van der Waals surface area contributed by atoms with Gasteiger partial charge in [-0.1, -0.05) is 456 Å². The Hall–Kier alpha value is -1.66. The summed E-state index contributed by atoms with van der Waals surface area (Å²) in [5, 5.41) is 23.5. The third-order valence-corrected chi connectivity index (χ3v) is 20.8. The van der Waals surface area contributed by atoms with Crippen LogP contribution in [0.1, 0.15) is 502 Å². The maximum Gasteiger partial charge on any atom is 0.305 e. The molecule has 3 N–H and O–H groups in total. The number of unbranched alkanes of at least 4 members (excludes halogenated alkanes) is 68. The molecule has 2 atom stereocenters. The number of rotatable bonds is 83. The predicted octanol–water partition coefficient (Wildman–Crippen LogP) is 29.2. The summed E-state index contributed by atoms with van der Waals surface area (Å²) < 4.78 is 5.51. The van der Waals surface area contributed by atoms with Crippen LogP contribution in [0.3, 0.4) is 0 Å². The number of esters is 1. The number of carbonyl (C=O) groups is 2. The fourth-order valence-corrected chi connectivity index (χ4v) is 14.1. The van der Waals surface area contributed by atoms with Crippen LogP contribution in [0.15, 0.2) is 24.3 Å². The predicted molar refractivity (Wildman–Crippen MR) is 417 cm³/mol. The molecule has 0 aliphatic carbocycles. The number of carbonyl (C=O) groups excluding carboxylic acids is 2. The van der Waals surface area contributed by atoms with Crippen LogP contribution < -0.4 is 5.32 Å². The van der Waals surface area contributed by atoms with Gasteiger partial charge in [0, 0.05) is 12.8 Å². The highest BCUT2D eigenvalue weighted by atomic mass is 16.5. The SMILES string of the molecule is CCCCCCCCCCCCCCCCCCCCCCCCCCCC(O)C(CO)NC(=O)CCCCCCCCCCCCCCCCCCC/C=C\C/C=C\CCCCCCCCCCCCCOC(=O)CCCCCCCCCCCCCCCCCCC. The Morgan fingerprint density at radius 1 is 0.298 bits per heavy atom. The lowest BCUT2D eigenvalue weighted by Crippen LogP contribution is -2.45. The maximum atomic E-state index is 12.6. The van der Waals surface area contributed by atoms with Gasteiger partial charge in [-0.25, -0.2) is 0 Å². The molecule has 0 rings (SSSR count). The van der Waals surface area contributed by atoms with E-state index in [1.807, 2.05) is 0 Å². The molecule has 0 saturated heterocycles. The highest BCUT2D eigenvalue weighted by Crippen LogP contribution is 2.21. The number of allylic oxidation sites excluding steroid dienone is 4. The molecule has 0 aliphatic heterocycles. The molecular formula is C88H171NO5. The molecule has 1 amide bonds. The van der Waals surface area contributed by atoms with Crippen molar-refractivity contribution in [1.82, 2.24) is 5.32 Å². The second-order valence-electron chi connectivity index (χ2n) is 30.2. The van der Waals surface area contributed by atoms with Crippen molar-refractivity contribution in [3.8, 4) is 0 Å². The van der Waals surface area contributed by atoms with Crippen LogP contribution in [0.4, 0.5) is 0 Å². The van der Waals surface area contributed by atoms with E-state index < -0.39 is 12.1 Å². The first-order chi connectivity index (χ1) is 46.5. The monoisotopic (exact) mass is 1320 g/mol. The molecule has 0 heterocycles. The van der Waals surface area contributed by atoms with Crippen LogP contribution in [0, 0.1) is 0 Å². The van der Waals surface area contributed by atoms with Crippen molar-refractivity contribution in [2.45, 2.75) is 514 Å². The third-order valence-electron chi connectivity index (χ3n) is 20.8. The lowest BCUT2D eigenvalue weighted by Gasteiger charge is -2.22. The van der Waals surface area contributed by atoms with Crippen LogP contribution in [-0.4, -0.2) is 47.4 Å². The van der Waals surface area contributed by atoms with E-state index in [-0.39, 0.29) is 18.5 Å². The molecule has 0 radical (unpaired) electrons. The lowest BCUT2D eigenvalue weighted by molar-refractivity contribution is -0.143. The molecule has 94 heavy (non-hydrogen) atoms. The highest BCUT2D eigenvalue weighted by Gasteiger charge is 2.20. The van der Waals surface area contributed by atoms with Gasteiger partial charge < -0.3 is 20.3 Å². The quantitative estimate of drug-likeness (QED) is 0.0320. The Kier molecular flexibility index (Phi) is 82.3. The van der Waals surface area contributed by atoms with Crippen molar-refractivity contribution in [2.75, 3.05) is 13.2 Å². The molecule has 0 aromatic rings. The highest BCUT2D eigenvalue weighted by molar-refractivity contribution is 5.76. The molecular weight excluding hydrogens is 1150 g/mol. The zero-order valence-electron chi connectivity index (χ0n) is 64.2. The number of amides is 1. The second-order valence-corrected chi connectivity index (χ2v) is 30.2. The van der Waals surface area contributed by atoms with Gasteiger partial charge in [0.15, 0.2) is 0 Å². The van der Waals surface area contributed by atoms with Crippen molar-refractivity contribution in [2.24, 2.45) is 0 Å². The number of aliphatic hydroxyl groups is 2. The Morgan fingerprint density at radius 2 is 0.532 bits per heavy atom. The van der Waals surface area contributed by atoms with E-state index in [1.165, 1.54) is 424 Å². The largest absolute Gasteiger partial charge is 0.466 e. The van der Waals surface area contributed by atoms with Crippen molar-refractivity contribution in [1.29, 1.82) is 0 Å². The number of nitrogens with one attached hydrogen (secondary N) is 1. The molecule has 0 spiro atoms. The topological polar surface area (TPSA) is 95.9 Å². The fourth-order valence-electron chi connectivity index (χ4n) is 14.1. The van der Waals surface area contributed by atoms with Crippen LogP contribution in [-0.2, 0) is 14.3 Å². The lowest BCUT2D eigenvalue weighted by atomic mass is 10.0. The van der Waals surface area contributed by atoms with Crippen LogP contribution >= 0.6 is 0 Å². The Balaban J connectivity index is 3.36. The summed E-state index contributed by atoms with van der Waals surface area (Å²) in [6, 6.07) is -0.541. The minimum atomic E-state index is -0.664. The van der Waals surface area contributed by atoms with Gasteiger partial charge in [-0.15, -0.1) is 0 Å². The van der Waals surface area contributed by atoms with E-state index in [9.17, 15) is 19.8 Å². The molecule has 0 bridgehead atoms. The van der Waals surface area contributed by atoms with Crippen molar-refractivity contribution >= 4 is 11.9 Å². The van der Waals surface area contributed by atoms with Crippen LogP contribution in [0.25, 0.3) is 0 Å². The Morgan fingerprint density at radius 3 is 0.809 bits per heavy atom. The first-order valence-electron chi connectivity index (χ1n) is 43.6. The fraction of sp³-hybridized carbons (Fsp3) is 0.932. The first-order valence-corrected chi connectivity index (χ1v) is 43.6. The van der Waals surface area contributed by atoms with E-state index in [4.69, 9.17) is 4.74 Å². The molecule has 6 nitrogen and oxygen atoms in total. The number of hydrogen-bond acceptors (Lipinski definition) is 5. The van der Waals surface area contributed by atoms with E-state index in [2.05, 4.69) is 43.5 Å². The van der Waals surface area contributed by atoms with Gasteiger partial charge in [0.25, 0.3) is 0 Å². The Bertz CT molecular complexity index is 1480. The zero-order chi connectivity index (χ0) is 67.7. The van der Waals surface area contributed by atoms with Gasteiger partial charge in [0.2, 0.25) is 5.91 Å². The summed E-state index contributed by atoms with van der Waals surface area (Å²) in [5.74, 6) is -0.00411. The van der Waals surface area contributed by atoms with Crippen LogP contribution in [0.5, 0.6) is 0 Å². The first kappa shape index (κ1) is 92.3. The molecule has 0 fully saturated rings. The van der Waals surface area contributed by atoms with E-state index in [0.29, 0.717) is 25.9 Å². The minimum Gasteiger partial charge on any atom is -0.466 e. The van der Waals surface area contributed by atoms with Crippen molar-refractivity contribution < 1.29 is 24.5 Å². The number of ether oxygens (including phenoxy) is 1. The normalized spacial score (nSPS) is 12.5. The molecule has 0 aromatic carbocycles. The average molecular weight is 1320 g/mol. The summed E-state index contributed by atoms with van der Waals surface area (Å²) in [7, 11) is 0. The zero-order valence-corrected chi connectivity index (χ0v) is 64.2. The van der Waals surface area contributed by atoms with Gasteiger partial charge in [-0.2, -0.15) is 0 Å². The molecule has 6 heteroatoms. The molecule has 0 aliphatic rings. The summed E-state index contributed by atoms with van der Waals surface area (Å²) >= 11 is 0. The summed E-state index contributed by atoms with van der Waals surface area (Å²) in [6.45, 7) is 5.02. The minimum absolute atomic E-state index is 0.0221. The maximum absolute atomic E-state index is 12.6. The molecule has 558 valence electrons. The molecule has 0 aromatic heterocycles. The second kappa shape index (κ2) is 83.8. The van der Waals surface area contributed by atoms with Gasteiger partial charge in [0.1, 0.15) is 0 Å². The summed E-state index contributed by atoms with van der Waals surface area (Å²) in [5.41, 5.74) is 0. The standard InChI is InChI=1S/C88H171NO5/c1-3-5-7-9-11-13-15-17-19-21-22-23-24-36-39-42-45-49-52-56-60-64-68-72-76-80-86(91)85(84-90)89-87(92)81-77-73-69-65-61-57-53-50-46-43-40-37-34-32-30-28-26-25-27-29-31-33-35-38-41-44-47-51-55-59-63-67-71-75-79-83-94-88(93)82-78-74-70-66-62-58-54-48-20-18-16-14-12-10-8-6-4-2/h27,29,33,35,85-86,90-91H,3-26,28,30-32,34,36-84H2,1-2H3,(H,89,92)/b29-27-,35-33-. The Labute approximate surface area is 590 Å². The number of aliphatic hydroxyl groups excluding tert-OH is 2. The summed E-state index contributed by atoms with van der Waals surface area (Å²) in [6.07, 6.45) is 109. The van der Waals surface area contributed by atoms with Gasteiger partial charge in [0.05, 0.1) is 25.4 Å². The van der Waals surface area contributed by atoms with Gasteiger partial charge in [-0.3, -0.25) is 9.59 Å². The van der Waals surface area contributed by atoms with E-state index in [1.54, 1.807) is 0 Å². The van der Waals surface area contributed by atoms with Crippen LogP contribution in [0.2, 0.25) is 0 Å². The van der Waals surface area contributed by atoms with Gasteiger partial charge in [-0.05, 0) is 57.8 Å². The number of hydrogen-bond donors (Lipinski definition) is 3. The van der Waals surface area contributed by atoms with Gasteiger partial charge >= 0.3 is 5.97 Å². The van der Waals surface area contributed by atoms with Crippen molar-refractivity contribution in [3.05, 3.63) is 24.3 Å². The van der Waals surface area contributed by atoms with E-state index >= 15 is 0 Å². The third kappa shape index (κ3) is 79.3. The summed E-state index contributed by atoms with van der Waals surface area (Å²) in [4.78, 5) is 24.7. The molecule has 2 unspecified atom stereocenters. The smallest absolute Gasteiger partial charge is 0.305 e. The van der Waals surface area contributed by atoms with E-state index in [0.717, 1.165) is 44.9 Å². The van der Waals surface area contributed by atoms with Crippen molar-refractivity contribution in [3.63, 3.8) is 0 Å². The molecule has 0 saturated carbocycles. The average Bonchev–Trinajstić information content (AvgIpc) is 3.64.